The maximum atomic E-state index is 13.2. The zero-order chi connectivity index (χ0) is 9.84. The lowest BCUT2D eigenvalue weighted by atomic mass is 10.0. The van der Waals surface area contributed by atoms with Crippen molar-refractivity contribution in [3.05, 3.63) is 0 Å². The van der Waals surface area contributed by atoms with Crippen molar-refractivity contribution in [3.63, 3.8) is 0 Å². The summed E-state index contributed by atoms with van der Waals surface area (Å²) in [7, 11) is 0. The van der Waals surface area contributed by atoms with Crippen LogP contribution in [0.1, 0.15) is 20.3 Å². The minimum atomic E-state index is -0.948. The molecule has 0 unspecified atom stereocenters. The van der Waals surface area contributed by atoms with Gasteiger partial charge >= 0.3 is 0 Å². The van der Waals surface area contributed by atoms with E-state index in [4.69, 9.17) is 0 Å². The van der Waals surface area contributed by atoms with Crippen molar-refractivity contribution in [2.24, 2.45) is 5.92 Å². The molecule has 0 aromatic heterocycles. The minimum Gasteiger partial charge on any atom is -0.350 e. The Morgan fingerprint density at radius 3 is 2.85 bits per heavy atom. The van der Waals surface area contributed by atoms with Crippen LogP contribution in [-0.2, 0) is 4.79 Å². The number of piperidine rings is 1. The largest absolute Gasteiger partial charge is 0.350 e. The molecule has 1 fully saturated rings. The van der Waals surface area contributed by atoms with E-state index < -0.39 is 6.17 Å². The van der Waals surface area contributed by atoms with Crippen molar-refractivity contribution in [1.29, 1.82) is 0 Å². The summed E-state index contributed by atoms with van der Waals surface area (Å²) < 4.78 is 13.2. The first kappa shape index (κ1) is 10.4. The Hall–Kier alpha value is -0.640. The third-order valence-corrected chi connectivity index (χ3v) is 2.26. The molecular formula is C9H17FN2O. The molecule has 0 aliphatic carbocycles. The Morgan fingerprint density at radius 1 is 1.62 bits per heavy atom. The molecule has 4 heteroatoms. The van der Waals surface area contributed by atoms with Crippen LogP contribution >= 0.6 is 0 Å². The second kappa shape index (κ2) is 4.56. The molecule has 0 saturated carbocycles. The predicted molar refractivity (Wildman–Crippen MR) is 49.2 cm³/mol. The van der Waals surface area contributed by atoms with Crippen molar-refractivity contribution in [1.82, 2.24) is 10.6 Å². The van der Waals surface area contributed by atoms with E-state index in [1.54, 1.807) is 0 Å². The quantitative estimate of drug-likeness (QED) is 0.661. The van der Waals surface area contributed by atoms with Crippen molar-refractivity contribution in [3.8, 4) is 0 Å². The number of hydrogen-bond donors (Lipinski definition) is 2. The molecule has 0 radical (unpaired) electrons. The highest BCUT2D eigenvalue weighted by molar-refractivity contribution is 5.78. The fraction of sp³-hybridized carbons (Fsp3) is 0.889. The second-order valence-corrected chi connectivity index (χ2v) is 3.78. The van der Waals surface area contributed by atoms with Crippen molar-refractivity contribution < 1.29 is 9.18 Å². The number of carbonyl (C=O) groups is 1. The molecule has 0 aromatic rings. The van der Waals surface area contributed by atoms with Gasteiger partial charge in [0.05, 0.1) is 6.04 Å². The van der Waals surface area contributed by atoms with Crippen molar-refractivity contribution in [2.75, 3.05) is 13.1 Å². The SMILES string of the molecule is CC(C)C(=O)N[C@H]1CCNC[C@H]1F. The van der Waals surface area contributed by atoms with Gasteiger partial charge in [0, 0.05) is 12.5 Å². The van der Waals surface area contributed by atoms with Gasteiger partial charge in [0.25, 0.3) is 0 Å². The molecule has 13 heavy (non-hydrogen) atoms. The van der Waals surface area contributed by atoms with Crippen LogP contribution in [0.4, 0.5) is 4.39 Å². The number of halogens is 1. The molecule has 2 N–H and O–H groups in total. The van der Waals surface area contributed by atoms with E-state index in [1.807, 2.05) is 13.8 Å². The second-order valence-electron chi connectivity index (χ2n) is 3.78. The predicted octanol–water partition coefficient (Wildman–Crippen LogP) is 0.459. The van der Waals surface area contributed by atoms with Crippen LogP contribution in [0.5, 0.6) is 0 Å². The molecule has 1 saturated heterocycles. The third kappa shape index (κ3) is 2.95. The zero-order valence-corrected chi connectivity index (χ0v) is 8.14. The first-order chi connectivity index (χ1) is 6.11. The summed E-state index contributed by atoms with van der Waals surface area (Å²) in [6, 6.07) is -0.295. The molecule has 1 rings (SSSR count). The Bertz CT molecular complexity index is 184. The number of alkyl halides is 1. The molecule has 1 amide bonds. The van der Waals surface area contributed by atoms with Crippen LogP contribution in [0.2, 0.25) is 0 Å². The van der Waals surface area contributed by atoms with Crippen molar-refractivity contribution >= 4 is 5.91 Å². The van der Waals surface area contributed by atoms with E-state index in [2.05, 4.69) is 10.6 Å². The van der Waals surface area contributed by atoms with Crippen LogP contribution < -0.4 is 10.6 Å². The van der Waals surface area contributed by atoms with E-state index in [9.17, 15) is 9.18 Å². The van der Waals surface area contributed by atoms with Gasteiger partial charge in [0.1, 0.15) is 6.17 Å². The molecule has 3 nitrogen and oxygen atoms in total. The Morgan fingerprint density at radius 2 is 2.31 bits per heavy atom. The normalized spacial score (nSPS) is 28.9. The molecule has 76 valence electrons. The minimum absolute atomic E-state index is 0.0606. The van der Waals surface area contributed by atoms with Crippen LogP contribution in [-0.4, -0.2) is 31.2 Å². The lowest BCUT2D eigenvalue weighted by molar-refractivity contribution is -0.125. The van der Waals surface area contributed by atoms with E-state index >= 15 is 0 Å². The molecular weight excluding hydrogens is 171 g/mol. The highest BCUT2D eigenvalue weighted by atomic mass is 19.1. The van der Waals surface area contributed by atoms with Gasteiger partial charge in [-0.2, -0.15) is 0 Å². The fourth-order valence-electron chi connectivity index (χ4n) is 1.33. The van der Waals surface area contributed by atoms with Crippen LogP contribution in [0.3, 0.4) is 0 Å². The van der Waals surface area contributed by atoms with Gasteiger partial charge < -0.3 is 10.6 Å². The zero-order valence-electron chi connectivity index (χ0n) is 8.14. The van der Waals surface area contributed by atoms with Gasteiger partial charge in [-0.3, -0.25) is 4.79 Å². The number of carbonyl (C=O) groups excluding carboxylic acids is 1. The maximum absolute atomic E-state index is 13.2. The van der Waals surface area contributed by atoms with Gasteiger partial charge in [-0.15, -0.1) is 0 Å². The number of amides is 1. The molecule has 0 aromatic carbocycles. The highest BCUT2D eigenvalue weighted by Gasteiger charge is 2.26. The molecule has 1 aliphatic heterocycles. The smallest absolute Gasteiger partial charge is 0.222 e. The summed E-state index contributed by atoms with van der Waals surface area (Å²) in [5.41, 5.74) is 0. The molecule has 0 bridgehead atoms. The number of nitrogens with one attached hydrogen (secondary N) is 2. The van der Waals surface area contributed by atoms with E-state index in [0.717, 1.165) is 6.54 Å². The Balaban J connectivity index is 2.38. The first-order valence-corrected chi connectivity index (χ1v) is 4.76. The van der Waals surface area contributed by atoms with Crippen molar-refractivity contribution in [2.45, 2.75) is 32.5 Å². The van der Waals surface area contributed by atoms with Gasteiger partial charge in [-0.1, -0.05) is 13.8 Å². The summed E-state index contributed by atoms with van der Waals surface area (Å²) >= 11 is 0. The van der Waals surface area contributed by atoms with Crippen LogP contribution in [0, 0.1) is 5.92 Å². The lowest BCUT2D eigenvalue weighted by Crippen LogP contribution is -2.51. The van der Waals surface area contributed by atoms with Gasteiger partial charge in [0.15, 0.2) is 0 Å². The van der Waals surface area contributed by atoms with Gasteiger partial charge in [0.2, 0.25) is 5.91 Å². The molecule has 1 heterocycles. The summed E-state index contributed by atoms with van der Waals surface area (Å²) in [6.45, 7) is 4.75. The topological polar surface area (TPSA) is 41.1 Å². The summed E-state index contributed by atoms with van der Waals surface area (Å²) in [6.07, 6.45) is -0.268. The maximum Gasteiger partial charge on any atom is 0.222 e. The van der Waals surface area contributed by atoms with Crippen LogP contribution in [0.15, 0.2) is 0 Å². The molecule has 1 aliphatic rings. The third-order valence-electron chi connectivity index (χ3n) is 2.26. The molecule has 2 atom stereocenters. The van der Waals surface area contributed by atoms with E-state index in [-0.39, 0.29) is 17.9 Å². The number of rotatable bonds is 2. The fourth-order valence-corrected chi connectivity index (χ4v) is 1.33. The van der Waals surface area contributed by atoms with Gasteiger partial charge in [-0.25, -0.2) is 4.39 Å². The van der Waals surface area contributed by atoms with E-state index in [0.29, 0.717) is 13.0 Å². The summed E-state index contributed by atoms with van der Waals surface area (Å²) in [4.78, 5) is 11.3. The van der Waals surface area contributed by atoms with Gasteiger partial charge in [-0.05, 0) is 13.0 Å². The number of hydrogen-bond acceptors (Lipinski definition) is 2. The summed E-state index contributed by atoms with van der Waals surface area (Å²) in [5.74, 6) is -0.128. The van der Waals surface area contributed by atoms with E-state index in [1.165, 1.54) is 0 Å². The standard InChI is InChI=1S/C9H17FN2O/c1-6(2)9(13)12-8-3-4-11-5-7(8)10/h6-8,11H,3-5H2,1-2H3,(H,12,13)/t7-,8+/m1/s1. The Labute approximate surface area is 78.1 Å². The average Bonchev–Trinajstić information content (AvgIpc) is 2.08. The molecule has 0 spiro atoms. The monoisotopic (exact) mass is 188 g/mol. The van der Waals surface area contributed by atoms with Crippen LogP contribution in [0.25, 0.3) is 0 Å². The highest BCUT2D eigenvalue weighted by Crippen LogP contribution is 2.08. The lowest BCUT2D eigenvalue weighted by Gasteiger charge is -2.28. The first-order valence-electron chi connectivity index (χ1n) is 4.76. The summed E-state index contributed by atoms with van der Waals surface area (Å²) in [5, 5.41) is 5.65. The Kier molecular flexibility index (Phi) is 3.66. The average molecular weight is 188 g/mol.